The van der Waals surface area contributed by atoms with Gasteiger partial charge in [-0.15, -0.1) is 0 Å². The van der Waals surface area contributed by atoms with Gasteiger partial charge >= 0.3 is 5.69 Å². The number of rotatable bonds is 8. The van der Waals surface area contributed by atoms with Crippen molar-refractivity contribution in [3.05, 3.63) is 64.2 Å². The van der Waals surface area contributed by atoms with Crippen LogP contribution in [0.3, 0.4) is 0 Å². The molecule has 1 heterocycles. The normalized spacial score (nSPS) is 17.2. The Morgan fingerprint density at radius 1 is 1.16 bits per heavy atom. The molecule has 0 radical (unpaired) electrons. The molecular weight excluding hydrogens is 422 g/mol. The summed E-state index contributed by atoms with van der Waals surface area (Å²) >= 11 is 0. The summed E-state index contributed by atoms with van der Waals surface area (Å²) in [6.07, 6.45) is 0.356. The molecule has 9 nitrogen and oxygen atoms in total. The summed E-state index contributed by atoms with van der Waals surface area (Å²) in [6, 6.07) is 13.0. The molecule has 2 aromatic carbocycles. The Balaban J connectivity index is 1.77. The number of carbonyl (C=O) groups excluding carboxylic acids is 1. The molecule has 31 heavy (non-hydrogen) atoms. The van der Waals surface area contributed by atoms with Crippen LogP contribution in [-0.2, 0) is 21.2 Å². The zero-order valence-corrected chi connectivity index (χ0v) is 18.2. The maximum atomic E-state index is 13.0. The van der Waals surface area contributed by atoms with Crippen LogP contribution in [0.1, 0.15) is 12.0 Å². The smallest absolute Gasteiger partial charge is 0.310 e. The van der Waals surface area contributed by atoms with Gasteiger partial charge in [-0.05, 0) is 30.2 Å². The third-order valence-electron chi connectivity index (χ3n) is 5.19. The van der Waals surface area contributed by atoms with Crippen LogP contribution in [0.25, 0.3) is 0 Å². The second-order valence-corrected chi connectivity index (χ2v) is 9.88. The van der Waals surface area contributed by atoms with E-state index in [0.29, 0.717) is 6.42 Å². The number of carbonyl (C=O) groups is 1. The van der Waals surface area contributed by atoms with Gasteiger partial charge < -0.3 is 14.5 Å². The average molecular weight is 448 g/mol. The van der Waals surface area contributed by atoms with E-state index >= 15 is 0 Å². The number of sulfone groups is 1. The maximum absolute atomic E-state index is 13.0. The first kappa shape index (κ1) is 22.5. The minimum absolute atomic E-state index is 0.00446. The Bertz CT molecular complexity index is 1050. The molecule has 10 heteroatoms. The zero-order valence-electron chi connectivity index (χ0n) is 17.4. The number of nitrogens with zero attached hydrogens (tertiary/aromatic N) is 3. The van der Waals surface area contributed by atoms with E-state index in [4.69, 9.17) is 4.74 Å². The predicted octanol–water partition coefficient (Wildman–Crippen LogP) is 2.26. The van der Waals surface area contributed by atoms with Gasteiger partial charge in [-0.3, -0.25) is 14.9 Å². The van der Waals surface area contributed by atoms with Gasteiger partial charge in [0.05, 0.1) is 16.4 Å². The molecule has 1 saturated heterocycles. The molecule has 1 aliphatic heterocycles. The molecule has 1 amide bonds. The highest BCUT2D eigenvalue weighted by Gasteiger charge is 2.35. The van der Waals surface area contributed by atoms with Crippen LogP contribution >= 0.6 is 0 Å². The van der Waals surface area contributed by atoms with E-state index in [1.54, 1.807) is 6.07 Å². The molecule has 0 saturated carbocycles. The molecule has 0 aliphatic carbocycles. The molecular formula is C21H25N3O6S. The second kappa shape index (κ2) is 9.34. The zero-order chi connectivity index (χ0) is 22.6. The molecule has 1 unspecified atom stereocenters. The van der Waals surface area contributed by atoms with E-state index in [1.165, 1.54) is 23.1 Å². The quantitative estimate of drug-likeness (QED) is 0.451. The van der Waals surface area contributed by atoms with Crippen LogP contribution in [0.15, 0.2) is 48.5 Å². The summed E-state index contributed by atoms with van der Waals surface area (Å²) in [4.78, 5) is 27.0. The number of nitro benzene ring substituents is 1. The van der Waals surface area contributed by atoms with E-state index in [-0.39, 0.29) is 29.5 Å². The van der Waals surface area contributed by atoms with Crippen LogP contribution in [0.5, 0.6) is 5.75 Å². The SMILES string of the molecule is CN(C)c1ccc(CN(C(=O)COc2ccccc2[N+](=O)[O-])C2CCS(=O)(=O)C2)cc1. The van der Waals surface area contributed by atoms with Gasteiger partial charge in [0, 0.05) is 38.4 Å². The lowest BCUT2D eigenvalue weighted by Gasteiger charge is -2.28. The number of amides is 1. The summed E-state index contributed by atoms with van der Waals surface area (Å²) in [5, 5.41) is 11.2. The number of nitro groups is 1. The molecule has 1 atom stereocenters. The van der Waals surface area contributed by atoms with Crippen molar-refractivity contribution in [2.45, 2.75) is 19.0 Å². The van der Waals surface area contributed by atoms with E-state index < -0.39 is 33.3 Å². The molecule has 1 aliphatic rings. The molecule has 3 rings (SSSR count). The Hall–Kier alpha value is -3.14. The monoisotopic (exact) mass is 447 g/mol. The third kappa shape index (κ3) is 5.72. The highest BCUT2D eigenvalue weighted by molar-refractivity contribution is 7.91. The van der Waals surface area contributed by atoms with Gasteiger partial charge in [-0.1, -0.05) is 24.3 Å². The van der Waals surface area contributed by atoms with Crippen molar-refractivity contribution in [1.29, 1.82) is 0 Å². The van der Waals surface area contributed by atoms with Crippen molar-refractivity contribution in [1.82, 2.24) is 4.90 Å². The summed E-state index contributed by atoms with van der Waals surface area (Å²) in [7, 11) is 0.650. The standard InChI is InChI=1S/C21H25N3O6S/c1-22(2)17-9-7-16(8-10-17)13-23(18-11-12-31(28,29)15-18)21(25)14-30-20-6-4-3-5-19(20)24(26)27/h3-10,18H,11-15H2,1-2H3. The third-order valence-corrected chi connectivity index (χ3v) is 6.94. The molecule has 0 aromatic heterocycles. The lowest BCUT2D eigenvalue weighted by atomic mass is 10.1. The van der Waals surface area contributed by atoms with Crippen molar-refractivity contribution in [3.63, 3.8) is 0 Å². The fourth-order valence-electron chi connectivity index (χ4n) is 3.49. The lowest BCUT2D eigenvalue weighted by molar-refractivity contribution is -0.385. The van der Waals surface area contributed by atoms with E-state index in [1.807, 2.05) is 43.3 Å². The van der Waals surface area contributed by atoms with Crippen molar-refractivity contribution in [3.8, 4) is 5.75 Å². The first-order valence-electron chi connectivity index (χ1n) is 9.78. The van der Waals surface area contributed by atoms with E-state index in [0.717, 1.165) is 11.3 Å². The molecule has 0 spiro atoms. The summed E-state index contributed by atoms with van der Waals surface area (Å²) in [6.45, 7) is -0.190. The Labute approximate surface area is 181 Å². The van der Waals surface area contributed by atoms with Crippen LogP contribution in [0, 0.1) is 10.1 Å². The fourth-order valence-corrected chi connectivity index (χ4v) is 5.22. The van der Waals surface area contributed by atoms with E-state index in [9.17, 15) is 23.3 Å². The highest BCUT2D eigenvalue weighted by atomic mass is 32.2. The summed E-state index contributed by atoms with van der Waals surface area (Å²) in [5.74, 6) is -0.487. The van der Waals surface area contributed by atoms with Crippen LogP contribution in [0.4, 0.5) is 11.4 Å². The van der Waals surface area contributed by atoms with Gasteiger partial charge in [0.15, 0.2) is 22.2 Å². The molecule has 0 bridgehead atoms. The average Bonchev–Trinajstić information content (AvgIpc) is 3.10. The molecule has 1 fully saturated rings. The van der Waals surface area contributed by atoms with Crippen molar-refractivity contribution in [2.75, 3.05) is 37.1 Å². The Morgan fingerprint density at radius 2 is 1.84 bits per heavy atom. The summed E-state index contributed by atoms with van der Waals surface area (Å²) in [5.41, 5.74) is 1.63. The maximum Gasteiger partial charge on any atom is 0.310 e. The minimum Gasteiger partial charge on any atom is -0.477 e. The number of benzene rings is 2. The lowest BCUT2D eigenvalue weighted by Crippen LogP contribution is -2.43. The molecule has 0 N–H and O–H groups in total. The largest absolute Gasteiger partial charge is 0.477 e. The topological polar surface area (TPSA) is 110 Å². The van der Waals surface area contributed by atoms with E-state index in [2.05, 4.69) is 0 Å². The Kier molecular flexibility index (Phi) is 6.79. The first-order valence-corrected chi connectivity index (χ1v) is 11.6. The van der Waals surface area contributed by atoms with Gasteiger partial charge in [0.25, 0.3) is 5.91 Å². The molecule has 166 valence electrons. The number of anilines is 1. The first-order chi connectivity index (χ1) is 14.7. The summed E-state index contributed by atoms with van der Waals surface area (Å²) < 4.78 is 29.4. The van der Waals surface area contributed by atoms with Crippen molar-refractivity contribution >= 4 is 27.1 Å². The number of para-hydroxylation sites is 2. The fraction of sp³-hybridized carbons (Fsp3) is 0.381. The number of hydrogen-bond acceptors (Lipinski definition) is 7. The number of hydrogen-bond donors (Lipinski definition) is 0. The molecule has 2 aromatic rings. The van der Waals surface area contributed by atoms with Crippen LogP contribution in [0.2, 0.25) is 0 Å². The van der Waals surface area contributed by atoms with Gasteiger partial charge in [-0.2, -0.15) is 0 Å². The Morgan fingerprint density at radius 3 is 2.42 bits per heavy atom. The van der Waals surface area contributed by atoms with Crippen molar-refractivity contribution < 1.29 is 22.9 Å². The minimum atomic E-state index is -3.20. The van der Waals surface area contributed by atoms with Gasteiger partial charge in [0.2, 0.25) is 0 Å². The van der Waals surface area contributed by atoms with Crippen LogP contribution in [-0.4, -0.2) is 62.4 Å². The van der Waals surface area contributed by atoms with Gasteiger partial charge in [0.1, 0.15) is 0 Å². The predicted molar refractivity (Wildman–Crippen MR) is 117 cm³/mol. The van der Waals surface area contributed by atoms with Crippen LogP contribution < -0.4 is 9.64 Å². The highest BCUT2D eigenvalue weighted by Crippen LogP contribution is 2.26. The van der Waals surface area contributed by atoms with Gasteiger partial charge in [-0.25, -0.2) is 8.42 Å². The van der Waals surface area contributed by atoms with Crippen molar-refractivity contribution in [2.24, 2.45) is 0 Å². The number of ether oxygens (including phenoxy) is 1. The second-order valence-electron chi connectivity index (χ2n) is 7.65.